The zero-order chi connectivity index (χ0) is 20.5. The molecule has 1 saturated heterocycles. The van der Waals surface area contributed by atoms with E-state index < -0.39 is 11.3 Å². The summed E-state index contributed by atoms with van der Waals surface area (Å²) < 4.78 is 12.6. The molecule has 0 bridgehead atoms. The fraction of sp³-hybridized carbons (Fsp3) is 0.450. The Morgan fingerprint density at radius 2 is 1.79 bits per heavy atom. The SMILES string of the molecule is CCn1cc(C(=O)NCC(=O)N2CCN(C)CC2)c(=O)c2cc3c(cc21)OCO3. The predicted octanol–water partition coefficient (Wildman–Crippen LogP) is 0.254. The molecular weight excluding hydrogens is 376 g/mol. The number of aryl methyl sites for hydroxylation is 1. The minimum Gasteiger partial charge on any atom is -0.454 e. The number of fused-ring (bicyclic) bond motifs is 2. The molecule has 0 atom stereocenters. The van der Waals surface area contributed by atoms with E-state index in [9.17, 15) is 14.4 Å². The number of ether oxygens (including phenoxy) is 2. The van der Waals surface area contributed by atoms with E-state index in [0.29, 0.717) is 42.0 Å². The third kappa shape index (κ3) is 3.65. The van der Waals surface area contributed by atoms with Crippen LogP contribution in [0.25, 0.3) is 10.9 Å². The van der Waals surface area contributed by atoms with Gasteiger partial charge in [-0.15, -0.1) is 0 Å². The third-order valence-electron chi connectivity index (χ3n) is 5.42. The van der Waals surface area contributed by atoms with Crippen molar-refractivity contribution in [2.45, 2.75) is 13.5 Å². The van der Waals surface area contributed by atoms with Crippen molar-refractivity contribution < 1.29 is 19.1 Å². The largest absolute Gasteiger partial charge is 0.454 e. The summed E-state index contributed by atoms with van der Waals surface area (Å²) in [4.78, 5) is 41.9. The molecule has 29 heavy (non-hydrogen) atoms. The van der Waals surface area contributed by atoms with E-state index in [-0.39, 0.29) is 24.8 Å². The van der Waals surface area contributed by atoms with Crippen LogP contribution < -0.4 is 20.2 Å². The molecule has 2 aliphatic heterocycles. The van der Waals surface area contributed by atoms with E-state index in [2.05, 4.69) is 10.2 Å². The first-order valence-corrected chi connectivity index (χ1v) is 9.69. The van der Waals surface area contributed by atoms with Crippen LogP contribution in [0.2, 0.25) is 0 Å². The highest BCUT2D eigenvalue weighted by molar-refractivity contribution is 5.99. The van der Waals surface area contributed by atoms with Crippen molar-refractivity contribution in [3.05, 3.63) is 34.1 Å². The molecule has 1 fully saturated rings. The standard InChI is InChI=1S/C20H24N4O5/c1-3-23-11-14(19(26)13-8-16-17(9-15(13)23)29-12-28-16)20(27)21-10-18(25)24-6-4-22(2)5-7-24/h8-9,11H,3-7,10,12H2,1-2H3,(H,21,27). The summed E-state index contributed by atoms with van der Waals surface area (Å²) in [5.41, 5.74) is 0.281. The summed E-state index contributed by atoms with van der Waals surface area (Å²) in [5.74, 6) is 0.361. The van der Waals surface area contributed by atoms with E-state index in [4.69, 9.17) is 9.47 Å². The second kappa shape index (κ2) is 7.75. The first-order chi connectivity index (χ1) is 14.0. The first-order valence-electron chi connectivity index (χ1n) is 9.69. The number of hydrogen-bond donors (Lipinski definition) is 1. The summed E-state index contributed by atoms with van der Waals surface area (Å²) in [7, 11) is 2.01. The van der Waals surface area contributed by atoms with Gasteiger partial charge in [0.25, 0.3) is 5.91 Å². The van der Waals surface area contributed by atoms with E-state index >= 15 is 0 Å². The van der Waals surface area contributed by atoms with E-state index in [1.807, 2.05) is 18.5 Å². The van der Waals surface area contributed by atoms with Gasteiger partial charge in [0, 0.05) is 45.0 Å². The van der Waals surface area contributed by atoms with Crippen LogP contribution in [0.1, 0.15) is 17.3 Å². The number of nitrogens with zero attached hydrogens (tertiary/aromatic N) is 3. The average molecular weight is 400 g/mol. The Morgan fingerprint density at radius 1 is 1.10 bits per heavy atom. The third-order valence-corrected chi connectivity index (χ3v) is 5.42. The van der Waals surface area contributed by atoms with Crippen LogP contribution in [0.15, 0.2) is 23.1 Å². The minimum absolute atomic E-state index is 0.00407. The van der Waals surface area contributed by atoms with Gasteiger partial charge in [0.2, 0.25) is 18.1 Å². The quantitative estimate of drug-likeness (QED) is 0.791. The van der Waals surface area contributed by atoms with Gasteiger partial charge in [-0.05, 0) is 20.0 Å². The molecule has 0 spiro atoms. The van der Waals surface area contributed by atoms with E-state index in [1.165, 1.54) is 6.20 Å². The van der Waals surface area contributed by atoms with Crippen molar-refractivity contribution in [3.63, 3.8) is 0 Å². The van der Waals surface area contributed by atoms with Crippen molar-refractivity contribution in [1.82, 2.24) is 19.7 Å². The lowest BCUT2D eigenvalue weighted by Gasteiger charge is -2.32. The van der Waals surface area contributed by atoms with Crippen LogP contribution >= 0.6 is 0 Å². The Balaban J connectivity index is 1.56. The fourth-order valence-electron chi connectivity index (χ4n) is 3.62. The molecule has 0 aliphatic carbocycles. The number of nitrogens with one attached hydrogen (secondary N) is 1. The maximum atomic E-state index is 12.9. The Morgan fingerprint density at radius 3 is 2.48 bits per heavy atom. The Labute approximate surface area is 167 Å². The molecule has 9 heteroatoms. The van der Waals surface area contributed by atoms with Gasteiger partial charge in [-0.2, -0.15) is 0 Å². The number of amides is 2. The molecule has 0 unspecified atom stereocenters. The monoisotopic (exact) mass is 400 g/mol. The molecule has 0 radical (unpaired) electrons. The van der Waals surface area contributed by atoms with Crippen LogP contribution in [0.5, 0.6) is 11.5 Å². The highest BCUT2D eigenvalue weighted by Gasteiger charge is 2.22. The number of aromatic nitrogens is 1. The second-order valence-electron chi connectivity index (χ2n) is 7.25. The molecular formula is C20H24N4O5. The fourth-order valence-corrected chi connectivity index (χ4v) is 3.62. The van der Waals surface area contributed by atoms with Crippen LogP contribution in [0.3, 0.4) is 0 Å². The molecule has 1 aromatic carbocycles. The van der Waals surface area contributed by atoms with Crippen LogP contribution in [0.4, 0.5) is 0 Å². The molecule has 2 aromatic rings. The molecule has 2 amide bonds. The van der Waals surface area contributed by atoms with E-state index in [0.717, 1.165) is 13.1 Å². The van der Waals surface area contributed by atoms with Gasteiger partial charge < -0.3 is 29.2 Å². The number of piperazine rings is 1. The van der Waals surface area contributed by atoms with Gasteiger partial charge in [-0.3, -0.25) is 14.4 Å². The molecule has 2 aliphatic rings. The Hall–Kier alpha value is -3.07. The summed E-state index contributed by atoms with van der Waals surface area (Å²) in [6.07, 6.45) is 1.53. The highest BCUT2D eigenvalue weighted by atomic mass is 16.7. The number of carbonyl (C=O) groups excluding carboxylic acids is 2. The summed E-state index contributed by atoms with van der Waals surface area (Å²) in [6, 6.07) is 3.36. The smallest absolute Gasteiger partial charge is 0.257 e. The number of rotatable bonds is 4. The molecule has 9 nitrogen and oxygen atoms in total. The number of likely N-dealkylation sites (N-methyl/N-ethyl adjacent to an activating group) is 1. The van der Waals surface area contributed by atoms with Crippen molar-refractivity contribution in [2.75, 3.05) is 46.6 Å². The maximum Gasteiger partial charge on any atom is 0.257 e. The van der Waals surface area contributed by atoms with Gasteiger partial charge in [-0.1, -0.05) is 0 Å². The van der Waals surface area contributed by atoms with Crippen molar-refractivity contribution in [3.8, 4) is 11.5 Å². The van der Waals surface area contributed by atoms with Crippen molar-refractivity contribution >= 4 is 22.7 Å². The molecule has 154 valence electrons. The van der Waals surface area contributed by atoms with E-state index in [1.54, 1.807) is 17.0 Å². The number of hydrogen-bond acceptors (Lipinski definition) is 6. The van der Waals surface area contributed by atoms with Crippen molar-refractivity contribution in [1.29, 1.82) is 0 Å². The highest BCUT2D eigenvalue weighted by Crippen LogP contribution is 2.35. The zero-order valence-electron chi connectivity index (χ0n) is 16.6. The van der Waals surface area contributed by atoms with Gasteiger partial charge in [-0.25, -0.2) is 0 Å². The first kappa shape index (κ1) is 19.3. The lowest BCUT2D eigenvalue weighted by atomic mass is 10.1. The van der Waals surface area contributed by atoms with Crippen LogP contribution in [0, 0.1) is 0 Å². The number of pyridine rings is 1. The zero-order valence-corrected chi connectivity index (χ0v) is 16.6. The second-order valence-corrected chi connectivity index (χ2v) is 7.25. The van der Waals surface area contributed by atoms with Gasteiger partial charge in [0.05, 0.1) is 17.4 Å². The molecule has 1 N–H and O–H groups in total. The van der Waals surface area contributed by atoms with Gasteiger partial charge in [0.1, 0.15) is 5.56 Å². The molecule has 4 rings (SSSR count). The maximum absolute atomic E-state index is 12.9. The summed E-state index contributed by atoms with van der Waals surface area (Å²) >= 11 is 0. The lowest BCUT2D eigenvalue weighted by Crippen LogP contribution is -2.50. The predicted molar refractivity (Wildman–Crippen MR) is 106 cm³/mol. The molecule has 1 aromatic heterocycles. The summed E-state index contributed by atoms with van der Waals surface area (Å²) in [5, 5.41) is 2.99. The number of carbonyl (C=O) groups is 2. The lowest BCUT2D eigenvalue weighted by molar-refractivity contribution is -0.131. The summed E-state index contributed by atoms with van der Waals surface area (Å²) in [6.45, 7) is 5.35. The van der Waals surface area contributed by atoms with Gasteiger partial charge >= 0.3 is 0 Å². The minimum atomic E-state index is -0.556. The number of benzene rings is 1. The van der Waals surface area contributed by atoms with Crippen LogP contribution in [-0.2, 0) is 11.3 Å². The van der Waals surface area contributed by atoms with Crippen LogP contribution in [-0.4, -0.2) is 72.7 Å². The van der Waals surface area contributed by atoms with Gasteiger partial charge in [0.15, 0.2) is 11.5 Å². The molecule has 3 heterocycles. The average Bonchev–Trinajstić information content (AvgIpc) is 3.19. The normalized spacial score (nSPS) is 16.3. The van der Waals surface area contributed by atoms with Crippen molar-refractivity contribution in [2.24, 2.45) is 0 Å². The Bertz CT molecular complexity index is 1020. The Kier molecular flexibility index (Phi) is 5.14. The molecule has 0 saturated carbocycles. The topological polar surface area (TPSA) is 93.1 Å².